The molecule has 3 aromatic heterocycles. The van der Waals surface area contributed by atoms with E-state index in [4.69, 9.17) is 16.3 Å². The number of nitrogens with one attached hydrogen (secondary N) is 3. The highest BCUT2D eigenvalue weighted by Crippen LogP contribution is 2.33. The van der Waals surface area contributed by atoms with Gasteiger partial charge >= 0.3 is 6.18 Å². The third kappa shape index (κ3) is 4.21. The first-order valence-electron chi connectivity index (χ1n) is 9.14. The lowest BCUT2D eigenvalue weighted by Crippen LogP contribution is -2.28. The molecule has 0 atom stereocenters. The van der Waals surface area contributed by atoms with E-state index in [1.54, 1.807) is 19.3 Å². The average Bonchev–Trinajstić information content (AvgIpc) is 3.06. The molecule has 0 amide bonds. The van der Waals surface area contributed by atoms with Gasteiger partial charge in [-0.3, -0.25) is 0 Å². The molecule has 160 valence electrons. The minimum atomic E-state index is -4.48. The Morgan fingerprint density at radius 1 is 1.30 bits per heavy atom. The molecule has 3 N–H and O–H groups in total. The minimum absolute atomic E-state index is 0.144. The molecule has 0 saturated carbocycles. The van der Waals surface area contributed by atoms with E-state index in [1.165, 1.54) is 0 Å². The van der Waals surface area contributed by atoms with Crippen LogP contribution >= 0.6 is 11.6 Å². The normalized spacial score (nSPS) is 14.6. The predicted molar refractivity (Wildman–Crippen MR) is 108 cm³/mol. The van der Waals surface area contributed by atoms with E-state index in [1.807, 2.05) is 7.05 Å². The van der Waals surface area contributed by atoms with Crippen LogP contribution in [-0.4, -0.2) is 58.3 Å². The van der Waals surface area contributed by atoms with Gasteiger partial charge in [-0.15, -0.1) is 0 Å². The minimum Gasteiger partial charge on any atom is -0.467 e. The zero-order chi connectivity index (χ0) is 21.5. The first-order valence-corrected chi connectivity index (χ1v) is 9.51. The zero-order valence-electron chi connectivity index (χ0n) is 16.2. The molecule has 12 heteroatoms. The number of anilines is 3. The number of H-pyrrole nitrogens is 1. The van der Waals surface area contributed by atoms with Crippen molar-refractivity contribution in [3.05, 3.63) is 28.5 Å². The predicted octanol–water partition coefficient (Wildman–Crippen LogP) is 3.72. The van der Waals surface area contributed by atoms with Gasteiger partial charge in [0.25, 0.3) is 0 Å². The molecule has 0 spiro atoms. The molecular formula is C18H19ClF3N7O. The van der Waals surface area contributed by atoms with Crippen molar-refractivity contribution in [3.63, 3.8) is 0 Å². The second-order valence-corrected chi connectivity index (χ2v) is 7.38. The van der Waals surface area contributed by atoms with Crippen molar-refractivity contribution >= 4 is 40.1 Å². The number of aromatic amines is 1. The Kier molecular flexibility index (Phi) is 5.33. The molecule has 4 rings (SSSR count). The third-order valence-corrected chi connectivity index (χ3v) is 4.96. The second-order valence-electron chi connectivity index (χ2n) is 6.97. The van der Waals surface area contributed by atoms with Crippen LogP contribution in [0.5, 0.6) is 5.88 Å². The third-order valence-electron chi connectivity index (χ3n) is 4.67. The maximum atomic E-state index is 12.7. The standard InChI is InChI=1S/C18H19ClF3N7O/c1-23-14-13-10(19)6-24-15(13)28-17(27-14)26-12-5-9-7-29(2)4-3-11(9)25-16(12)30-8-18(20,21)22/h5-6H,3-4,7-8H2,1-2H3,(H3,23,24,26,27,28). The lowest BCUT2D eigenvalue weighted by molar-refractivity contribution is -0.154. The molecule has 0 unspecified atom stereocenters. The van der Waals surface area contributed by atoms with Gasteiger partial charge in [-0.1, -0.05) is 11.6 Å². The SMILES string of the molecule is CNc1nc(Nc2cc3c(nc2OCC(F)(F)F)CCN(C)C3)nc2[nH]cc(Cl)c12. The first kappa shape index (κ1) is 20.5. The molecule has 0 radical (unpaired) electrons. The van der Waals surface area contributed by atoms with Crippen molar-refractivity contribution in [1.82, 2.24) is 24.8 Å². The van der Waals surface area contributed by atoms with Gasteiger partial charge in [0.2, 0.25) is 11.8 Å². The lowest BCUT2D eigenvalue weighted by Gasteiger charge is -2.25. The number of nitrogens with zero attached hydrogens (tertiary/aromatic N) is 4. The molecule has 0 aromatic carbocycles. The first-order chi connectivity index (χ1) is 14.2. The van der Waals surface area contributed by atoms with Crippen molar-refractivity contribution in [3.8, 4) is 5.88 Å². The van der Waals surface area contributed by atoms with Gasteiger partial charge < -0.3 is 25.3 Å². The number of rotatable bonds is 5. The topological polar surface area (TPSA) is 91.0 Å². The van der Waals surface area contributed by atoms with Crippen LogP contribution in [-0.2, 0) is 13.0 Å². The van der Waals surface area contributed by atoms with E-state index in [-0.39, 0.29) is 17.5 Å². The number of pyridine rings is 1. The van der Waals surface area contributed by atoms with Crippen molar-refractivity contribution in [1.29, 1.82) is 0 Å². The maximum Gasteiger partial charge on any atom is 0.422 e. The van der Waals surface area contributed by atoms with Crippen molar-refractivity contribution in [2.75, 3.05) is 37.9 Å². The summed E-state index contributed by atoms with van der Waals surface area (Å²) >= 11 is 6.16. The van der Waals surface area contributed by atoms with Crippen LogP contribution in [0.3, 0.4) is 0 Å². The van der Waals surface area contributed by atoms with Crippen LogP contribution < -0.4 is 15.4 Å². The van der Waals surface area contributed by atoms with Gasteiger partial charge in [0.1, 0.15) is 17.2 Å². The van der Waals surface area contributed by atoms with Crippen molar-refractivity contribution in [2.45, 2.75) is 19.1 Å². The number of ether oxygens (including phenoxy) is 1. The van der Waals surface area contributed by atoms with Crippen LogP contribution in [0.25, 0.3) is 11.0 Å². The number of aromatic nitrogens is 4. The lowest BCUT2D eigenvalue weighted by atomic mass is 10.1. The average molecular weight is 442 g/mol. The molecule has 1 aliphatic heterocycles. The summed E-state index contributed by atoms with van der Waals surface area (Å²) in [7, 11) is 3.65. The fourth-order valence-corrected chi connectivity index (χ4v) is 3.53. The number of alkyl halides is 3. The highest BCUT2D eigenvalue weighted by molar-refractivity contribution is 6.36. The summed E-state index contributed by atoms with van der Waals surface area (Å²) in [5, 5.41) is 6.96. The molecule has 4 heterocycles. The van der Waals surface area contributed by atoms with Crippen molar-refractivity contribution < 1.29 is 17.9 Å². The number of hydrogen-bond acceptors (Lipinski definition) is 7. The fraction of sp³-hybridized carbons (Fsp3) is 0.389. The summed E-state index contributed by atoms with van der Waals surface area (Å²) in [6.07, 6.45) is -2.27. The van der Waals surface area contributed by atoms with Gasteiger partial charge in [0.05, 0.1) is 16.1 Å². The number of hydrogen-bond donors (Lipinski definition) is 3. The number of halogens is 4. The van der Waals surface area contributed by atoms with Crippen LogP contribution in [0.4, 0.5) is 30.6 Å². The quantitative estimate of drug-likeness (QED) is 0.556. The maximum absolute atomic E-state index is 12.7. The summed E-state index contributed by atoms with van der Waals surface area (Å²) in [5.41, 5.74) is 2.36. The summed E-state index contributed by atoms with van der Waals surface area (Å²) in [6.45, 7) is -0.0455. The fourth-order valence-electron chi connectivity index (χ4n) is 3.30. The smallest absolute Gasteiger partial charge is 0.422 e. The highest BCUT2D eigenvalue weighted by Gasteiger charge is 2.30. The Morgan fingerprint density at radius 2 is 2.10 bits per heavy atom. The summed E-state index contributed by atoms with van der Waals surface area (Å²) in [6, 6.07) is 1.73. The molecule has 0 bridgehead atoms. The molecule has 3 aromatic rings. The van der Waals surface area contributed by atoms with Crippen LogP contribution in [0, 0.1) is 0 Å². The molecule has 0 aliphatic carbocycles. The van der Waals surface area contributed by atoms with Gasteiger partial charge in [-0.25, -0.2) is 4.98 Å². The zero-order valence-corrected chi connectivity index (χ0v) is 16.9. The van der Waals surface area contributed by atoms with Gasteiger partial charge in [0, 0.05) is 32.8 Å². The molecule has 8 nitrogen and oxygen atoms in total. The highest BCUT2D eigenvalue weighted by atomic mass is 35.5. The molecule has 1 aliphatic rings. The van der Waals surface area contributed by atoms with E-state index in [2.05, 4.69) is 35.5 Å². The molecule has 0 fully saturated rings. The Morgan fingerprint density at radius 3 is 2.83 bits per heavy atom. The number of fused-ring (bicyclic) bond motifs is 2. The van der Waals surface area contributed by atoms with Gasteiger partial charge in [-0.2, -0.15) is 23.1 Å². The Hall–Kier alpha value is -2.79. The summed E-state index contributed by atoms with van der Waals surface area (Å²) in [5.74, 6) is 0.486. The van der Waals surface area contributed by atoms with E-state index >= 15 is 0 Å². The summed E-state index contributed by atoms with van der Waals surface area (Å²) < 4.78 is 43.2. The van der Waals surface area contributed by atoms with Gasteiger partial charge in [-0.05, 0) is 18.7 Å². The molecular weight excluding hydrogens is 423 g/mol. The van der Waals surface area contributed by atoms with Crippen LogP contribution in [0.15, 0.2) is 12.3 Å². The van der Waals surface area contributed by atoms with Crippen LogP contribution in [0.1, 0.15) is 11.3 Å². The van der Waals surface area contributed by atoms with Crippen molar-refractivity contribution in [2.24, 2.45) is 0 Å². The van der Waals surface area contributed by atoms with Crippen LogP contribution in [0.2, 0.25) is 5.02 Å². The Balaban J connectivity index is 1.73. The van der Waals surface area contributed by atoms with E-state index in [0.29, 0.717) is 34.8 Å². The van der Waals surface area contributed by atoms with E-state index in [0.717, 1.165) is 17.8 Å². The molecule has 0 saturated heterocycles. The Labute approximate surface area is 174 Å². The Bertz CT molecular complexity index is 1090. The monoisotopic (exact) mass is 441 g/mol. The largest absolute Gasteiger partial charge is 0.467 e. The van der Waals surface area contributed by atoms with Gasteiger partial charge in [0.15, 0.2) is 6.61 Å². The van der Waals surface area contributed by atoms with E-state index in [9.17, 15) is 13.2 Å². The van der Waals surface area contributed by atoms with E-state index < -0.39 is 12.8 Å². The molecule has 30 heavy (non-hydrogen) atoms. The second kappa shape index (κ2) is 7.80. The summed E-state index contributed by atoms with van der Waals surface area (Å²) in [4.78, 5) is 18.1. The number of likely N-dealkylation sites (N-methyl/N-ethyl adjacent to an activating group) is 1.